The Morgan fingerprint density at radius 2 is 2.00 bits per heavy atom. The summed E-state index contributed by atoms with van der Waals surface area (Å²) in [6, 6.07) is 8.18. The van der Waals surface area contributed by atoms with Gasteiger partial charge in [0.15, 0.2) is 5.82 Å². The molecule has 1 N–H and O–H groups in total. The lowest BCUT2D eigenvalue weighted by Crippen LogP contribution is -2.45. The van der Waals surface area contributed by atoms with E-state index in [4.69, 9.17) is 0 Å². The summed E-state index contributed by atoms with van der Waals surface area (Å²) in [4.78, 5) is 4.60. The number of aryl methyl sites for hydroxylation is 2. The van der Waals surface area contributed by atoms with E-state index in [9.17, 15) is 5.11 Å². The molecule has 1 fully saturated rings. The first-order chi connectivity index (χ1) is 11.5. The summed E-state index contributed by atoms with van der Waals surface area (Å²) < 4.78 is 0. The van der Waals surface area contributed by atoms with Crippen molar-refractivity contribution in [3.8, 4) is 17.0 Å². The van der Waals surface area contributed by atoms with Crippen LogP contribution in [0.1, 0.15) is 24.0 Å². The van der Waals surface area contributed by atoms with Gasteiger partial charge in [-0.1, -0.05) is 6.07 Å². The molecule has 128 valence electrons. The van der Waals surface area contributed by atoms with Crippen LogP contribution in [0.3, 0.4) is 0 Å². The second kappa shape index (κ2) is 6.77. The zero-order chi connectivity index (χ0) is 17.3. The molecule has 0 aliphatic carbocycles. The van der Waals surface area contributed by atoms with E-state index in [-0.39, 0.29) is 5.75 Å². The van der Waals surface area contributed by atoms with Gasteiger partial charge < -0.3 is 14.9 Å². The van der Waals surface area contributed by atoms with Crippen LogP contribution in [0.5, 0.6) is 5.75 Å². The summed E-state index contributed by atoms with van der Waals surface area (Å²) in [5, 5.41) is 19.0. The first-order valence-electron chi connectivity index (χ1n) is 8.51. The summed E-state index contributed by atoms with van der Waals surface area (Å²) in [6.45, 7) is 6.20. The molecule has 24 heavy (non-hydrogen) atoms. The number of likely N-dealkylation sites (N-methyl/N-ethyl adjacent to an activating group) is 2. The Balaban J connectivity index is 1.86. The lowest BCUT2D eigenvalue weighted by molar-refractivity contribution is 0.247. The fraction of sp³-hybridized carbons (Fsp3) is 0.474. The van der Waals surface area contributed by atoms with Crippen LogP contribution in [0.4, 0.5) is 5.82 Å². The molecule has 1 aromatic carbocycles. The predicted molar refractivity (Wildman–Crippen MR) is 97.5 cm³/mol. The molecule has 0 saturated carbocycles. The van der Waals surface area contributed by atoms with Crippen molar-refractivity contribution in [2.45, 2.75) is 32.7 Å². The molecule has 0 radical (unpaired) electrons. The number of aromatic nitrogens is 2. The van der Waals surface area contributed by atoms with E-state index in [1.54, 1.807) is 6.07 Å². The SMILES string of the molecule is Cc1ccc(-c2nnc(N(C)[C@@H]3CCCN(C)C3)cc2C)c(O)c1. The fourth-order valence-electron chi connectivity index (χ4n) is 3.39. The average Bonchev–Trinajstić information content (AvgIpc) is 2.55. The van der Waals surface area contributed by atoms with Crippen LogP contribution >= 0.6 is 0 Å². The molecule has 5 nitrogen and oxygen atoms in total. The van der Waals surface area contributed by atoms with Gasteiger partial charge in [-0.05, 0) is 69.6 Å². The van der Waals surface area contributed by atoms with Crippen molar-refractivity contribution in [2.24, 2.45) is 0 Å². The Hall–Kier alpha value is -2.14. The minimum atomic E-state index is 0.252. The molecule has 0 bridgehead atoms. The van der Waals surface area contributed by atoms with E-state index in [2.05, 4.69) is 40.2 Å². The lowest BCUT2D eigenvalue weighted by Gasteiger charge is -2.36. The van der Waals surface area contributed by atoms with E-state index in [1.807, 2.05) is 26.0 Å². The summed E-state index contributed by atoms with van der Waals surface area (Å²) in [7, 11) is 4.26. The van der Waals surface area contributed by atoms with E-state index >= 15 is 0 Å². The zero-order valence-electron chi connectivity index (χ0n) is 15.0. The highest BCUT2D eigenvalue weighted by Crippen LogP contribution is 2.31. The topological polar surface area (TPSA) is 52.5 Å². The highest BCUT2D eigenvalue weighted by molar-refractivity contribution is 5.70. The normalized spacial score (nSPS) is 18.6. The average molecular weight is 326 g/mol. The molecular formula is C19H26N4O. The molecule has 1 saturated heterocycles. The quantitative estimate of drug-likeness (QED) is 0.940. The summed E-state index contributed by atoms with van der Waals surface area (Å²) in [6.07, 6.45) is 2.40. The van der Waals surface area contributed by atoms with Gasteiger partial charge in [0, 0.05) is 25.2 Å². The third kappa shape index (κ3) is 3.36. The van der Waals surface area contributed by atoms with Gasteiger partial charge in [0.1, 0.15) is 5.75 Å². The number of hydrogen-bond donors (Lipinski definition) is 1. The summed E-state index contributed by atoms with van der Waals surface area (Å²) in [5.41, 5.74) is 3.53. The Morgan fingerprint density at radius 3 is 2.67 bits per heavy atom. The monoisotopic (exact) mass is 326 g/mol. The van der Waals surface area contributed by atoms with Gasteiger partial charge in [0.2, 0.25) is 0 Å². The zero-order valence-corrected chi connectivity index (χ0v) is 15.0. The van der Waals surface area contributed by atoms with Crippen LogP contribution in [0.2, 0.25) is 0 Å². The molecule has 3 rings (SSSR count). The maximum atomic E-state index is 10.2. The third-order valence-electron chi connectivity index (χ3n) is 4.89. The number of phenols is 1. The van der Waals surface area contributed by atoms with Crippen molar-refractivity contribution < 1.29 is 5.11 Å². The van der Waals surface area contributed by atoms with Crippen LogP contribution < -0.4 is 4.90 Å². The van der Waals surface area contributed by atoms with Crippen molar-refractivity contribution in [3.05, 3.63) is 35.4 Å². The van der Waals surface area contributed by atoms with Crippen molar-refractivity contribution in [2.75, 3.05) is 32.1 Å². The second-order valence-corrected chi connectivity index (χ2v) is 6.92. The van der Waals surface area contributed by atoms with Gasteiger partial charge in [0.05, 0.1) is 5.69 Å². The molecular weight excluding hydrogens is 300 g/mol. The van der Waals surface area contributed by atoms with E-state index in [0.717, 1.165) is 34.7 Å². The molecule has 0 amide bonds. The molecule has 2 aromatic rings. The minimum absolute atomic E-state index is 0.252. The van der Waals surface area contributed by atoms with Crippen molar-refractivity contribution in [1.29, 1.82) is 0 Å². The number of phenolic OH excluding ortho intramolecular Hbond substituents is 1. The number of nitrogens with zero attached hydrogens (tertiary/aromatic N) is 4. The molecule has 0 unspecified atom stereocenters. The van der Waals surface area contributed by atoms with Gasteiger partial charge >= 0.3 is 0 Å². The summed E-state index contributed by atoms with van der Waals surface area (Å²) in [5.74, 6) is 1.14. The first kappa shape index (κ1) is 16.7. The molecule has 1 aliphatic rings. The number of anilines is 1. The second-order valence-electron chi connectivity index (χ2n) is 6.92. The molecule has 1 aliphatic heterocycles. The van der Waals surface area contributed by atoms with Gasteiger partial charge in [-0.2, -0.15) is 0 Å². The smallest absolute Gasteiger partial charge is 0.151 e. The molecule has 1 aromatic heterocycles. The maximum Gasteiger partial charge on any atom is 0.151 e. The van der Waals surface area contributed by atoms with E-state index in [1.165, 1.54) is 19.4 Å². The van der Waals surface area contributed by atoms with Gasteiger partial charge in [0.25, 0.3) is 0 Å². The molecule has 0 spiro atoms. The van der Waals surface area contributed by atoms with E-state index < -0.39 is 0 Å². The number of benzene rings is 1. The van der Waals surface area contributed by atoms with Crippen LogP contribution in [0.25, 0.3) is 11.3 Å². The molecule has 2 heterocycles. The Morgan fingerprint density at radius 1 is 1.21 bits per heavy atom. The van der Waals surface area contributed by atoms with Gasteiger partial charge in [-0.25, -0.2) is 0 Å². The van der Waals surface area contributed by atoms with Crippen LogP contribution in [-0.2, 0) is 0 Å². The number of piperidine rings is 1. The largest absolute Gasteiger partial charge is 0.507 e. The van der Waals surface area contributed by atoms with Crippen molar-refractivity contribution in [3.63, 3.8) is 0 Å². The summed E-state index contributed by atoms with van der Waals surface area (Å²) >= 11 is 0. The number of aromatic hydroxyl groups is 1. The van der Waals surface area contributed by atoms with Crippen LogP contribution in [-0.4, -0.2) is 53.4 Å². The van der Waals surface area contributed by atoms with Gasteiger partial charge in [-0.15, -0.1) is 10.2 Å². The third-order valence-corrected chi connectivity index (χ3v) is 4.89. The molecule has 5 heteroatoms. The first-order valence-corrected chi connectivity index (χ1v) is 8.51. The number of rotatable bonds is 3. The van der Waals surface area contributed by atoms with Crippen molar-refractivity contribution >= 4 is 5.82 Å². The predicted octanol–water partition coefficient (Wildman–Crippen LogP) is 3.00. The van der Waals surface area contributed by atoms with Crippen LogP contribution in [0.15, 0.2) is 24.3 Å². The standard InChI is InChI=1S/C19H26N4O/c1-13-7-8-16(17(24)10-13)19-14(2)11-18(20-21-19)23(4)15-6-5-9-22(3)12-15/h7-8,10-11,15,24H,5-6,9,12H2,1-4H3/t15-/m1/s1. The maximum absolute atomic E-state index is 10.2. The number of hydrogen-bond acceptors (Lipinski definition) is 5. The Kier molecular flexibility index (Phi) is 4.71. The fourth-order valence-corrected chi connectivity index (χ4v) is 3.39. The van der Waals surface area contributed by atoms with Gasteiger partial charge in [-0.3, -0.25) is 0 Å². The lowest BCUT2D eigenvalue weighted by atomic mass is 10.0. The Labute approximate surface area is 143 Å². The van der Waals surface area contributed by atoms with Crippen molar-refractivity contribution in [1.82, 2.24) is 15.1 Å². The minimum Gasteiger partial charge on any atom is -0.507 e. The number of likely N-dealkylation sites (tertiary alicyclic amines) is 1. The Bertz CT molecular complexity index is 731. The van der Waals surface area contributed by atoms with E-state index in [0.29, 0.717) is 6.04 Å². The molecule has 1 atom stereocenters. The highest BCUT2D eigenvalue weighted by Gasteiger charge is 2.23. The highest BCUT2D eigenvalue weighted by atomic mass is 16.3. The van der Waals surface area contributed by atoms with Crippen LogP contribution in [0, 0.1) is 13.8 Å².